The Hall–Kier alpha value is -2.93. The number of aliphatic imine (C=N–C) groups is 1. The Bertz CT molecular complexity index is 1120. The summed E-state index contributed by atoms with van der Waals surface area (Å²) in [5.74, 6) is 4.14. The van der Waals surface area contributed by atoms with E-state index in [1.807, 2.05) is 73.7 Å². The summed E-state index contributed by atoms with van der Waals surface area (Å²) in [7, 11) is 0. The van der Waals surface area contributed by atoms with Gasteiger partial charge in [0.05, 0.1) is 18.2 Å². The van der Waals surface area contributed by atoms with Crippen LogP contribution in [0.3, 0.4) is 0 Å². The van der Waals surface area contributed by atoms with E-state index < -0.39 is 0 Å². The van der Waals surface area contributed by atoms with Crippen molar-refractivity contribution < 1.29 is 4.74 Å². The van der Waals surface area contributed by atoms with Crippen LogP contribution in [0.25, 0.3) is 0 Å². The number of terminal acetylenes is 1. The lowest BCUT2D eigenvalue weighted by Gasteiger charge is -2.20. The summed E-state index contributed by atoms with van der Waals surface area (Å²) < 4.78 is 5.85. The van der Waals surface area contributed by atoms with Crippen LogP contribution in [0.4, 0.5) is 0 Å². The molecule has 0 amide bonds. The highest BCUT2D eigenvalue weighted by molar-refractivity contribution is 6.30. The molecule has 0 saturated carbocycles. The van der Waals surface area contributed by atoms with E-state index in [4.69, 9.17) is 39.4 Å². The van der Waals surface area contributed by atoms with Gasteiger partial charge in [0.15, 0.2) is 0 Å². The van der Waals surface area contributed by atoms with Gasteiger partial charge in [-0.2, -0.15) is 0 Å². The molecule has 2 unspecified atom stereocenters. The van der Waals surface area contributed by atoms with Crippen LogP contribution in [0.5, 0.6) is 5.75 Å². The minimum absolute atomic E-state index is 0.0553. The van der Waals surface area contributed by atoms with Gasteiger partial charge < -0.3 is 10.1 Å². The van der Waals surface area contributed by atoms with Gasteiger partial charge in [0.2, 0.25) is 0 Å². The van der Waals surface area contributed by atoms with Crippen LogP contribution in [-0.4, -0.2) is 12.4 Å². The zero-order valence-electron chi connectivity index (χ0n) is 16.4. The van der Waals surface area contributed by atoms with Crippen molar-refractivity contribution in [3.63, 3.8) is 0 Å². The second-order valence-corrected chi connectivity index (χ2v) is 7.81. The summed E-state index contributed by atoms with van der Waals surface area (Å²) in [6.45, 7) is 2.48. The van der Waals surface area contributed by atoms with Crippen molar-refractivity contribution in [2.75, 3.05) is 6.61 Å². The number of amidine groups is 1. The van der Waals surface area contributed by atoms with Crippen LogP contribution in [-0.2, 0) is 0 Å². The van der Waals surface area contributed by atoms with Crippen LogP contribution in [0, 0.1) is 12.3 Å². The van der Waals surface area contributed by atoms with E-state index in [1.54, 1.807) is 0 Å². The molecule has 0 aliphatic carbocycles. The summed E-state index contributed by atoms with van der Waals surface area (Å²) in [6.07, 6.45) is 5.57. The average Bonchev–Trinajstić information content (AvgIpc) is 3.20. The van der Waals surface area contributed by atoms with Crippen LogP contribution in [0.1, 0.15) is 41.3 Å². The second-order valence-electron chi connectivity index (χ2n) is 6.94. The molecule has 4 rings (SSSR count). The Labute approximate surface area is 186 Å². The minimum atomic E-state index is -0.125. The van der Waals surface area contributed by atoms with Crippen LogP contribution in [0.2, 0.25) is 10.0 Å². The van der Waals surface area contributed by atoms with Crippen molar-refractivity contribution in [3.05, 3.63) is 99.0 Å². The summed E-state index contributed by atoms with van der Waals surface area (Å²) in [5, 5.41) is 4.98. The fourth-order valence-electron chi connectivity index (χ4n) is 3.57. The molecule has 0 spiro atoms. The standard InChI is InChI=1S/C25H20Cl2N2O/c1-3-16-5-14-21(22(15-16)30-4-2)25-28-23(17-6-10-19(26)11-7-17)24(29-25)18-8-12-20(27)13-9-18/h1,5-15,23-24H,4H2,2H3,(H,28,29). The molecule has 1 N–H and O–H groups in total. The first kappa shape index (κ1) is 20.3. The van der Waals surface area contributed by atoms with Crippen molar-refractivity contribution in [2.45, 2.75) is 19.0 Å². The maximum atomic E-state index is 6.10. The van der Waals surface area contributed by atoms with Gasteiger partial charge in [0.25, 0.3) is 0 Å². The van der Waals surface area contributed by atoms with E-state index in [0.29, 0.717) is 22.4 Å². The molecule has 1 heterocycles. The van der Waals surface area contributed by atoms with Crippen LogP contribution < -0.4 is 10.1 Å². The third kappa shape index (κ3) is 4.16. The quantitative estimate of drug-likeness (QED) is 0.484. The first-order chi connectivity index (χ1) is 14.6. The Balaban J connectivity index is 1.78. The molecule has 0 saturated heterocycles. The van der Waals surface area contributed by atoms with Crippen molar-refractivity contribution in [2.24, 2.45) is 4.99 Å². The molecular formula is C25H20Cl2N2O. The van der Waals surface area contributed by atoms with Gasteiger partial charge in [-0.1, -0.05) is 53.4 Å². The highest BCUT2D eigenvalue weighted by Gasteiger charge is 2.32. The van der Waals surface area contributed by atoms with Gasteiger partial charge in [0, 0.05) is 15.6 Å². The molecule has 30 heavy (non-hydrogen) atoms. The molecule has 1 aliphatic rings. The largest absolute Gasteiger partial charge is 0.493 e. The molecule has 0 fully saturated rings. The number of benzene rings is 3. The molecular weight excluding hydrogens is 415 g/mol. The summed E-state index contributed by atoms with van der Waals surface area (Å²) in [4.78, 5) is 5.03. The number of ether oxygens (including phenoxy) is 1. The van der Waals surface area contributed by atoms with Gasteiger partial charge in [-0.15, -0.1) is 6.42 Å². The summed E-state index contributed by atoms with van der Waals surface area (Å²) >= 11 is 12.2. The lowest BCUT2D eigenvalue weighted by Crippen LogP contribution is -2.25. The van der Waals surface area contributed by atoms with Crippen LogP contribution in [0.15, 0.2) is 71.7 Å². The smallest absolute Gasteiger partial charge is 0.133 e. The number of nitrogens with zero attached hydrogens (tertiary/aromatic N) is 1. The fraction of sp³-hybridized carbons (Fsp3) is 0.160. The van der Waals surface area contributed by atoms with E-state index >= 15 is 0 Å². The summed E-state index contributed by atoms with van der Waals surface area (Å²) in [6, 6.07) is 21.2. The number of nitrogens with one attached hydrogen (secondary N) is 1. The molecule has 3 aromatic rings. The maximum absolute atomic E-state index is 6.10. The monoisotopic (exact) mass is 434 g/mol. The van der Waals surface area contributed by atoms with Crippen molar-refractivity contribution in [1.29, 1.82) is 0 Å². The average molecular weight is 435 g/mol. The Kier molecular flexibility index (Phi) is 5.99. The number of rotatable bonds is 5. The molecule has 3 nitrogen and oxygen atoms in total. The Morgan fingerprint density at radius 1 is 0.967 bits per heavy atom. The van der Waals surface area contributed by atoms with E-state index in [1.165, 1.54) is 0 Å². The van der Waals surface area contributed by atoms with Crippen LogP contribution >= 0.6 is 23.2 Å². The molecule has 3 aromatic carbocycles. The van der Waals surface area contributed by atoms with E-state index in [2.05, 4.69) is 11.2 Å². The lowest BCUT2D eigenvalue weighted by molar-refractivity contribution is 0.339. The highest BCUT2D eigenvalue weighted by atomic mass is 35.5. The number of hydrogen-bond donors (Lipinski definition) is 1. The molecule has 0 bridgehead atoms. The summed E-state index contributed by atoms with van der Waals surface area (Å²) in [5.41, 5.74) is 3.81. The normalized spacial score (nSPS) is 17.7. The first-order valence-electron chi connectivity index (χ1n) is 9.68. The van der Waals surface area contributed by atoms with Crippen molar-refractivity contribution in [3.8, 4) is 18.1 Å². The van der Waals surface area contributed by atoms with Gasteiger partial charge in [-0.25, -0.2) is 0 Å². The molecule has 0 aromatic heterocycles. The van der Waals surface area contributed by atoms with Crippen molar-refractivity contribution in [1.82, 2.24) is 5.32 Å². The number of halogens is 2. The van der Waals surface area contributed by atoms with E-state index in [0.717, 1.165) is 28.1 Å². The third-order valence-corrected chi connectivity index (χ3v) is 5.52. The molecule has 150 valence electrons. The molecule has 1 aliphatic heterocycles. The molecule has 0 radical (unpaired) electrons. The second kappa shape index (κ2) is 8.83. The van der Waals surface area contributed by atoms with Gasteiger partial charge in [-0.3, -0.25) is 4.99 Å². The predicted octanol–water partition coefficient (Wildman–Crippen LogP) is 6.21. The Morgan fingerprint density at radius 2 is 1.60 bits per heavy atom. The van der Waals surface area contributed by atoms with Gasteiger partial charge >= 0.3 is 0 Å². The fourth-order valence-corrected chi connectivity index (χ4v) is 3.82. The topological polar surface area (TPSA) is 33.6 Å². The molecule has 2 atom stereocenters. The van der Waals surface area contributed by atoms with Gasteiger partial charge in [0.1, 0.15) is 17.6 Å². The Morgan fingerprint density at radius 3 is 2.20 bits per heavy atom. The van der Waals surface area contributed by atoms with Crippen molar-refractivity contribution >= 4 is 29.0 Å². The predicted molar refractivity (Wildman–Crippen MR) is 124 cm³/mol. The first-order valence-corrected chi connectivity index (χ1v) is 10.4. The zero-order chi connectivity index (χ0) is 21.1. The molecule has 5 heteroatoms. The van der Waals surface area contributed by atoms with E-state index in [9.17, 15) is 0 Å². The minimum Gasteiger partial charge on any atom is -0.493 e. The SMILES string of the molecule is C#Cc1ccc(C2=NC(c3ccc(Cl)cc3)C(c3ccc(Cl)cc3)N2)c(OCC)c1. The highest BCUT2D eigenvalue weighted by Crippen LogP contribution is 2.39. The zero-order valence-corrected chi connectivity index (χ0v) is 17.9. The van der Waals surface area contributed by atoms with E-state index in [-0.39, 0.29) is 12.1 Å². The maximum Gasteiger partial charge on any atom is 0.133 e. The lowest BCUT2D eigenvalue weighted by atomic mass is 9.95. The van der Waals surface area contributed by atoms with Gasteiger partial charge in [-0.05, 0) is 60.5 Å². The number of hydrogen-bond acceptors (Lipinski definition) is 3. The third-order valence-electron chi connectivity index (χ3n) is 5.02.